The highest BCUT2D eigenvalue weighted by Gasteiger charge is 2.34. The van der Waals surface area contributed by atoms with Gasteiger partial charge in [-0.25, -0.2) is 12.8 Å². The lowest BCUT2D eigenvalue weighted by atomic mass is 10.1. The van der Waals surface area contributed by atoms with Gasteiger partial charge in [-0.05, 0) is 66.9 Å². The molecule has 1 aliphatic heterocycles. The number of hydrogen-bond acceptors (Lipinski definition) is 7. The van der Waals surface area contributed by atoms with Crippen molar-refractivity contribution in [3.63, 3.8) is 0 Å². The van der Waals surface area contributed by atoms with Crippen LogP contribution in [0.5, 0.6) is 17.2 Å². The number of rotatable bonds is 14. The minimum atomic E-state index is -4.38. The van der Waals surface area contributed by atoms with Crippen LogP contribution in [0.4, 0.5) is 10.1 Å². The van der Waals surface area contributed by atoms with E-state index in [0.717, 1.165) is 29.3 Å². The van der Waals surface area contributed by atoms with Crippen molar-refractivity contribution in [3.8, 4) is 17.2 Å². The van der Waals surface area contributed by atoms with Crippen LogP contribution in [0.15, 0.2) is 71.6 Å². The fraction of sp³-hybridized carbons (Fsp3) is 0.375. The SMILES string of the molecule is CCCCNC(=O)[C@H](CC)N(Cc1cccc(OC)c1)C(=O)CN(c1ccc(F)cc1)S(=O)(=O)c1ccc2c(c1)OCCO2. The van der Waals surface area contributed by atoms with Gasteiger partial charge in [0.25, 0.3) is 10.0 Å². The van der Waals surface area contributed by atoms with Crippen LogP contribution in [0.3, 0.4) is 0 Å². The quantitative estimate of drug-likeness (QED) is 0.262. The molecule has 0 aliphatic carbocycles. The summed E-state index contributed by atoms with van der Waals surface area (Å²) in [5.74, 6) is -0.271. The zero-order valence-corrected chi connectivity index (χ0v) is 25.9. The highest BCUT2D eigenvalue weighted by Crippen LogP contribution is 2.34. The third-order valence-corrected chi connectivity index (χ3v) is 8.97. The summed E-state index contributed by atoms with van der Waals surface area (Å²) >= 11 is 0. The number of nitrogens with zero attached hydrogens (tertiary/aromatic N) is 2. The van der Waals surface area contributed by atoms with Crippen molar-refractivity contribution in [3.05, 3.63) is 78.1 Å². The first-order valence-corrected chi connectivity index (χ1v) is 16.0. The maximum Gasteiger partial charge on any atom is 0.264 e. The van der Waals surface area contributed by atoms with Gasteiger partial charge in [-0.2, -0.15) is 0 Å². The summed E-state index contributed by atoms with van der Waals surface area (Å²) in [5, 5.41) is 2.90. The molecule has 1 aliphatic rings. The number of carbonyl (C=O) groups is 2. The fourth-order valence-electron chi connectivity index (χ4n) is 4.84. The van der Waals surface area contributed by atoms with E-state index >= 15 is 0 Å². The molecule has 3 aromatic rings. The van der Waals surface area contributed by atoms with Crippen molar-refractivity contribution < 1.29 is 36.6 Å². The molecule has 0 radical (unpaired) electrons. The predicted molar refractivity (Wildman–Crippen MR) is 164 cm³/mol. The van der Waals surface area contributed by atoms with Crippen molar-refractivity contribution in [2.24, 2.45) is 0 Å². The van der Waals surface area contributed by atoms with Gasteiger partial charge in [-0.1, -0.05) is 32.4 Å². The van der Waals surface area contributed by atoms with E-state index in [0.29, 0.717) is 36.6 Å². The van der Waals surface area contributed by atoms with Crippen LogP contribution in [0, 0.1) is 5.82 Å². The molecular weight excluding hydrogens is 589 g/mol. The molecule has 12 heteroatoms. The molecule has 0 saturated heterocycles. The Morgan fingerprint density at radius 2 is 1.73 bits per heavy atom. The fourth-order valence-corrected chi connectivity index (χ4v) is 6.27. The number of carbonyl (C=O) groups excluding carboxylic acids is 2. The van der Waals surface area contributed by atoms with Crippen molar-refractivity contribution in [2.45, 2.75) is 50.6 Å². The Hall–Kier alpha value is -4.32. The van der Waals surface area contributed by atoms with E-state index in [1.807, 2.05) is 6.92 Å². The van der Waals surface area contributed by atoms with Crippen LogP contribution in [-0.2, 0) is 26.2 Å². The first kappa shape index (κ1) is 32.6. The highest BCUT2D eigenvalue weighted by atomic mass is 32.2. The first-order valence-electron chi connectivity index (χ1n) is 14.6. The van der Waals surface area contributed by atoms with Gasteiger partial charge < -0.3 is 24.4 Å². The van der Waals surface area contributed by atoms with E-state index in [-0.39, 0.29) is 35.4 Å². The molecule has 0 bridgehead atoms. The summed E-state index contributed by atoms with van der Waals surface area (Å²) in [5.41, 5.74) is 0.775. The Kier molecular flexibility index (Phi) is 11.0. The number of benzene rings is 3. The normalized spacial score (nSPS) is 13.1. The number of fused-ring (bicyclic) bond motifs is 1. The van der Waals surface area contributed by atoms with Crippen molar-refractivity contribution in [1.29, 1.82) is 0 Å². The molecule has 1 atom stereocenters. The van der Waals surface area contributed by atoms with E-state index < -0.39 is 34.3 Å². The highest BCUT2D eigenvalue weighted by molar-refractivity contribution is 7.92. The summed E-state index contributed by atoms with van der Waals surface area (Å²) in [6, 6.07) is 15.2. The molecule has 236 valence electrons. The van der Waals surface area contributed by atoms with Gasteiger partial charge in [0, 0.05) is 19.2 Å². The third-order valence-electron chi connectivity index (χ3n) is 7.20. The van der Waals surface area contributed by atoms with Gasteiger partial charge in [-0.15, -0.1) is 0 Å². The monoisotopic (exact) mass is 627 g/mol. The lowest BCUT2D eigenvalue weighted by molar-refractivity contribution is -0.140. The number of unbranched alkanes of at least 4 members (excludes halogenated alkanes) is 1. The number of amides is 2. The molecule has 3 aromatic carbocycles. The van der Waals surface area contributed by atoms with E-state index in [1.165, 1.54) is 42.3 Å². The first-order chi connectivity index (χ1) is 21.2. The molecule has 4 rings (SSSR count). The second kappa shape index (κ2) is 14.9. The number of hydrogen-bond donors (Lipinski definition) is 1. The van der Waals surface area contributed by atoms with Crippen LogP contribution in [0.2, 0.25) is 0 Å². The topological polar surface area (TPSA) is 114 Å². The largest absolute Gasteiger partial charge is 0.497 e. The summed E-state index contributed by atoms with van der Waals surface area (Å²) in [7, 11) is -2.85. The molecule has 0 fully saturated rings. The Morgan fingerprint density at radius 1 is 1.00 bits per heavy atom. The van der Waals surface area contributed by atoms with E-state index in [9.17, 15) is 22.4 Å². The van der Waals surface area contributed by atoms with Crippen LogP contribution >= 0.6 is 0 Å². The number of sulfonamides is 1. The average molecular weight is 628 g/mol. The number of anilines is 1. The summed E-state index contributed by atoms with van der Waals surface area (Å²) in [6.45, 7) is 4.22. The molecule has 0 spiro atoms. The minimum absolute atomic E-state index is 0.0249. The lowest BCUT2D eigenvalue weighted by Gasteiger charge is -2.33. The summed E-state index contributed by atoms with van der Waals surface area (Å²) in [6.07, 6.45) is 1.95. The second-order valence-electron chi connectivity index (χ2n) is 10.2. The Labute approximate surface area is 257 Å². The van der Waals surface area contributed by atoms with Crippen LogP contribution in [0.1, 0.15) is 38.7 Å². The molecule has 0 unspecified atom stereocenters. The third kappa shape index (κ3) is 7.79. The van der Waals surface area contributed by atoms with E-state index in [4.69, 9.17) is 14.2 Å². The Bertz CT molecular complexity index is 1550. The average Bonchev–Trinajstić information content (AvgIpc) is 3.03. The second-order valence-corrected chi connectivity index (χ2v) is 12.1. The smallest absolute Gasteiger partial charge is 0.264 e. The van der Waals surface area contributed by atoms with Gasteiger partial charge in [0.05, 0.1) is 17.7 Å². The molecule has 2 amide bonds. The van der Waals surface area contributed by atoms with Gasteiger partial charge in [0.2, 0.25) is 11.8 Å². The minimum Gasteiger partial charge on any atom is -0.497 e. The Balaban J connectivity index is 1.73. The standard InChI is InChI=1S/C32H38FN3O7S/c1-4-6-16-34-32(38)28(5-2)35(21-23-8-7-9-26(19-23)41-3)31(37)22-36(25-12-10-24(33)11-13-25)44(39,40)27-14-15-29-30(20-27)43-18-17-42-29/h7-15,19-20,28H,4-6,16-18,21-22H2,1-3H3,(H,34,38)/t28-/m0/s1. The number of methoxy groups -OCH3 is 1. The maximum atomic E-state index is 14.2. The van der Waals surface area contributed by atoms with Crippen molar-refractivity contribution in [2.75, 3.05) is 37.7 Å². The van der Waals surface area contributed by atoms with Crippen LogP contribution in [-0.4, -0.2) is 64.6 Å². The van der Waals surface area contributed by atoms with E-state index in [1.54, 1.807) is 31.2 Å². The zero-order valence-electron chi connectivity index (χ0n) is 25.1. The van der Waals surface area contributed by atoms with Crippen molar-refractivity contribution >= 4 is 27.5 Å². The summed E-state index contributed by atoms with van der Waals surface area (Å²) in [4.78, 5) is 28.8. The number of ether oxygens (including phenoxy) is 3. The maximum absolute atomic E-state index is 14.2. The van der Waals surface area contributed by atoms with Gasteiger partial charge in [0.15, 0.2) is 11.5 Å². The van der Waals surface area contributed by atoms with Gasteiger partial charge in [0.1, 0.15) is 37.4 Å². The molecule has 0 aromatic heterocycles. The summed E-state index contributed by atoms with van der Waals surface area (Å²) < 4.78 is 59.5. The van der Waals surface area contributed by atoms with Crippen LogP contribution < -0.4 is 23.8 Å². The molecule has 0 saturated carbocycles. The molecule has 10 nitrogen and oxygen atoms in total. The molecule has 1 heterocycles. The van der Waals surface area contributed by atoms with Gasteiger partial charge >= 0.3 is 0 Å². The predicted octanol–water partition coefficient (Wildman–Crippen LogP) is 4.52. The van der Waals surface area contributed by atoms with Gasteiger partial charge in [-0.3, -0.25) is 13.9 Å². The lowest BCUT2D eigenvalue weighted by Crippen LogP contribution is -2.52. The zero-order chi connectivity index (χ0) is 31.7. The molecule has 1 N–H and O–H groups in total. The molecular formula is C32H38FN3O7S. The van der Waals surface area contributed by atoms with Crippen LogP contribution in [0.25, 0.3) is 0 Å². The number of halogens is 1. The van der Waals surface area contributed by atoms with E-state index in [2.05, 4.69) is 5.32 Å². The molecule has 44 heavy (non-hydrogen) atoms. The number of nitrogens with one attached hydrogen (secondary N) is 1. The van der Waals surface area contributed by atoms with Crippen molar-refractivity contribution in [1.82, 2.24) is 10.2 Å². The Morgan fingerprint density at radius 3 is 2.41 bits per heavy atom.